The number of amides is 1. The number of nitrogens with two attached hydrogens (primary N) is 1. The first-order valence-electron chi connectivity index (χ1n) is 11.0. The van der Waals surface area contributed by atoms with Gasteiger partial charge in [0, 0.05) is 30.0 Å². The summed E-state index contributed by atoms with van der Waals surface area (Å²) in [4.78, 5) is 13.3. The van der Waals surface area contributed by atoms with E-state index in [1.807, 2.05) is 12.1 Å². The van der Waals surface area contributed by atoms with Crippen LogP contribution < -0.4 is 16.4 Å². The molecule has 0 atom stereocenters. The number of nitrogens with one attached hydrogen (secondary N) is 2. The standard InChI is InChI=1S/C26H28N4O/c27-16-18-8-9-20-15-25(26(31)29-22-10-12-28-13-11-22)30(24(20)14-18)17-21-6-3-5-19-4-1-2-7-23(19)21/h1-9,14-15,22,28H,10-13,16-17,27H2,(H,29,31). The molecule has 0 bridgehead atoms. The molecule has 5 rings (SSSR count). The minimum Gasteiger partial charge on any atom is -0.348 e. The molecule has 3 aromatic carbocycles. The molecular formula is C26H28N4O. The smallest absolute Gasteiger partial charge is 0.268 e. The highest BCUT2D eigenvalue weighted by Crippen LogP contribution is 2.26. The Labute approximate surface area is 182 Å². The maximum atomic E-state index is 13.3. The zero-order chi connectivity index (χ0) is 21.2. The Bertz CT molecular complexity index is 1230. The zero-order valence-electron chi connectivity index (χ0n) is 17.6. The van der Waals surface area contributed by atoms with Gasteiger partial charge in [0.2, 0.25) is 0 Å². The number of carbonyl (C=O) groups is 1. The SMILES string of the molecule is NCc1ccc2cc(C(=O)NC3CCNCC3)n(Cc3cccc4ccccc34)c2c1. The molecular weight excluding hydrogens is 384 g/mol. The van der Waals surface area contributed by atoms with Crippen molar-refractivity contribution in [1.82, 2.24) is 15.2 Å². The van der Waals surface area contributed by atoms with Crippen LogP contribution in [0.1, 0.15) is 34.5 Å². The third-order valence-electron chi connectivity index (χ3n) is 6.32. The van der Waals surface area contributed by atoms with E-state index in [9.17, 15) is 4.79 Å². The van der Waals surface area contributed by atoms with Crippen molar-refractivity contribution in [1.29, 1.82) is 0 Å². The van der Waals surface area contributed by atoms with E-state index in [-0.39, 0.29) is 11.9 Å². The quantitative estimate of drug-likeness (QED) is 0.467. The van der Waals surface area contributed by atoms with Crippen LogP contribution >= 0.6 is 0 Å². The fourth-order valence-corrected chi connectivity index (χ4v) is 4.61. The second-order valence-electron chi connectivity index (χ2n) is 8.35. The Kier molecular flexibility index (Phi) is 5.45. The van der Waals surface area contributed by atoms with Gasteiger partial charge in [-0.1, -0.05) is 54.6 Å². The van der Waals surface area contributed by atoms with Crippen LogP contribution in [0.25, 0.3) is 21.7 Å². The molecule has 1 aliphatic rings. The first-order valence-corrected chi connectivity index (χ1v) is 11.0. The van der Waals surface area contributed by atoms with Gasteiger partial charge in [0.1, 0.15) is 5.69 Å². The Hall–Kier alpha value is -3.15. The van der Waals surface area contributed by atoms with Crippen molar-refractivity contribution in [2.45, 2.75) is 32.0 Å². The Morgan fingerprint density at radius 1 is 1.00 bits per heavy atom. The molecule has 1 fully saturated rings. The largest absolute Gasteiger partial charge is 0.348 e. The van der Waals surface area contributed by atoms with E-state index >= 15 is 0 Å². The van der Waals surface area contributed by atoms with Crippen LogP contribution in [0.15, 0.2) is 66.7 Å². The van der Waals surface area contributed by atoms with E-state index < -0.39 is 0 Å². The summed E-state index contributed by atoms with van der Waals surface area (Å²) in [6.45, 7) is 3.01. The van der Waals surface area contributed by atoms with E-state index in [2.05, 4.69) is 69.8 Å². The highest BCUT2D eigenvalue weighted by Gasteiger charge is 2.21. The van der Waals surface area contributed by atoms with Crippen LogP contribution in [0.2, 0.25) is 0 Å². The lowest BCUT2D eigenvalue weighted by Gasteiger charge is -2.24. The molecule has 1 aliphatic heterocycles. The first-order chi connectivity index (χ1) is 15.2. The summed E-state index contributed by atoms with van der Waals surface area (Å²) in [5.74, 6) is -0.00219. The van der Waals surface area contributed by atoms with E-state index in [0.717, 1.165) is 42.4 Å². The first kappa shape index (κ1) is 19.8. The van der Waals surface area contributed by atoms with Crippen LogP contribution in [0.5, 0.6) is 0 Å². The minimum atomic E-state index is -0.00219. The highest BCUT2D eigenvalue weighted by molar-refractivity contribution is 5.99. The van der Waals surface area contributed by atoms with Crippen molar-refractivity contribution in [2.24, 2.45) is 5.73 Å². The molecule has 158 valence electrons. The van der Waals surface area contributed by atoms with Crippen molar-refractivity contribution in [3.8, 4) is 0 Å². The molecule has 1 saturated heterocycles. The molecule has 2 heterocycles. The monoisotopic (exact) mass is 412 g/mol. The van der Waals surface area contributed by atoms with Gasteiger partial charge < -0.3 is 20.9 Å². The fraction of sp³-hybridized carbons (Fsp3) is 0.269. The normalized spacial score (nSPS) is 14.9. The molecule has 0 aliphatic carbocycles. The number of carbonyl (C=O) groups excluding carboxylic acids is 1. The molecule has 0 saturated carbocycles. The second kappa shape index (κ2) is 8.53. The van der Waals surface area contributed by atoms with Crippen LogP contribution in [0.3, 0.4) is 0 Å². The number of rotatable bonds is 5. The highest BCUT2D eigenvalue weighted by atomic mass is 16.2. The maximum Gasteiger partial charge on any atom is 0.268 e. The van der Waals surface area contributed by atoms with E-state index in [4.69, 9.17) is 5.73 Å². The van der Waals surface area contributed by atoms with Crippen LogP contribution in [-0.2, 0) is 13.1 Å². The molecule has 5 nitrogen and oxygen atoms in total. The molecule has 0 radical (unpaired) electrons. The predicted octanol–water partition coefficient (Wildman–Crippen LogP) is 3.78. The van der Waals surface area contributed by atoms with Crippen molar-refractivity contribution in [3.63, 3.8) is 0 Å². The molecule has 1 aromatic heterocycles. The lowest BCUT2D eigenvalue weighted by atomic mass is 10.0. The van der Waals surface area contributed by atoms with Crippen molar-refractivity contribution in [3.05, 3.63) is 83.6 Å². The van der Waals surface area contributed by atoms with Crippen LogP contribution in [0.4, 0.5) is 0 Å². The van der Waals surface area contributed by atoms with Crippen molar-refractivity contribution in [2.75, 3.05) is 13.1 Å². The predicted molar refractivity (Wildman–Crippen MR) is 126 cm³/mol. The van der Waals surface area contributed by atoms with Gasteiger partial charge in [-0.2, -0.15) is 0 Å². The summed E-state index contributed by atoms with van der Waals surface area (Å²) < 4.78 is 2.15. The number of hydrogen-bond donors (Lipinski definition) is 3. The molecule has 0 unspecified atom stereocenters. The van der Waals surface area contributed by atoms with Gasteiger partial charge in [-0.3, -0.25) is 4.79 Å². The number of aromatic nitrogens is 1. The minimum absolute atomic E-state index is 0.00219. The van der Waals surface area contributed by atoms with E-state index in [0.29, 0.717) is 18.8 Å². The van der Waals surface area contributed by atoms with Gasteiger partial charge in [-0.05, 0) is 60.0 Å². The average Bonchev–Trinajstić information content (AvgIpc) is 3.17. The van der Waals surface area contributed by atoms with Crippen molar-refractivity contribution < 1.29 is 4.79 Å². The molecule has 1 amide bonds. The zero-order valence-corrected chi connectivity index (χ0v) is 17.6. The number of piperidine rings is 1. The van der Waals surface area contributed by atoms with Gasteiger partial charge in [0.05, 0.1) is 0 Å². The fourth-order valence-electron chi connectivity index (χ4n) is 4.61. The average molecular weight is 413 g/mol. The number of hydrogen-bond acceptors (Lipinski definition) is 3. The third kappa shape index (κ3) is 3.94. The Balaban J connectivity index is 1.58. The second-order valence-corrected chi connectivity index (χ2v) is 8.35. The molecule has 5 heteroatoms. The lowest BCUT2D eigenvalue weighted by molar-refractivity contribution is 0.0921. The summed E-state index contributed by atoms with van der Waals surface area (Å²) in [6, 6.07) is 23.2. The topological polar surface area (TPSA) is 72.1 Å². The molecule has 0 spiro atoms. The van der Waals surface area contributed by atoms with Gasteiger partial charge in [-0.15, -0.1) is 0 Å². The van der Waals surface area contributed by atoms with Gasteiger partial charge in [-0.25, -0.2) is 0 Å². The maximum absolute atomic E-state index is 13.3. The summed E-state index contributed by atoms with van der Waals surface area (Å²) in [7, 11) is 0. The van der Waals surface area contributed by atoms with Gasteiger partial charge >= 0.3 is 0 Å². The summed E-state index contributed by atoms with van der Waals surface area (Å²) in [5.41, 5.74) is 9.93. The Morgan fingerprint density at radius 3 is 2.65 bits per heavy atom. The molecule has 4 N–H and O–H groups in total. The number of benzene rings is 3. The lowest BCUT2D eigenvalue weighted by Crippen LogP contribution is -2.43. The summed E-state index contributed by atoms with van der Waals surface area (Å²) in [5, 5.41) is 10.1. The Morgan fingerprint density at radius 2 is 1.81 bits per heavy atom. The third-order valence-corrected chi connectivity index (χ3v) is 6.32. The summed E-state index contributed by atoms with van der Waals surface area (Å²) in [6.07, 6.45) is 1.93. The van der Waals surface area contributed by atoms with Crippen LogP contribution in [-0.4, -0.2) is 29.6 Å². The molecule has 4 aromatic rings. The van der Waals surface area contributed by atoms with E-state index in [1.165, 1.54) is 16.3 Å². The van der Waals surface area contributed by atoms with E-state index in [1.54, 1.807) is 0 Å². The number of fused-ring (bicyclic) bond motifs is 2. The molecule has 31 heavy (non-hydrogen) atoms. The van der Waals surface area contributed by atoms with Gasteiger partial charge in [0.15, 0.2) is 0 Å². The van der Waals surface area contributed by atoms with Gasteiger partial charge in [0.25, 0.3) is 5.91 Å². The number of nitrogens with zero attached hydrogens (tertiary/aromatic N) is 1. The van der Waals surface area contributed by atoms with Crippen LogP contribution in [0, 0.1) is 0 Å². The summed E-state index contributed by atoms with van der Waals surface area (Å²) >= 11 is 0. The van der Waals surface area contributed by atoms with Crippen molar-refractivity contribution >= 4 is 27.6 Å².